The van der Waals surface area contributed by atoms with Crippen LogP contribution >= 0.6 is 12.4 Å². The highest BCUT2D eigenvalue weighted by Gasteiger charge is 2.15. The van der Waals surface area contributed by atoms with Crippen LogP contribution in [0.2, 0.25) is 0 Å². The molecule has 168 valence electrons. The first-order valence-electron chi connectivity index (χ1n) is 10.1. The summed E-state index contributed by atoms with van der Waals surface area (Å²) in [6, 6.07) is 19.0. The van der Waals surface area contributed by atoms with Crippen molar-refractivity contribution in [2.75, 3.05) is 0 Å². The number of nitrogen functional groups attached to an aromatic ring is 1. The summed E-state index contributed by atoms with van der Waals surface area (Å²) in [5.41, 5.74) is 10.7. The monoisotopic (exact) mass is 462 g/mol. The summed E-state index contributed by atoms with van der Waals surface area (Å²) in [5.74, 6) is 2.29. The van der Waals surface area contributed by atoms with Crippen molar-refractivity contribution >= 4 is 29.3 Å². The van der Waals surface area contributed by atoms with Gasteiger partial charge in [0.1, 0.15) is 29.7 Å². The van der Waals surface area contributed by atoms with Crippen LogP contribution < -0.4 is 10.5 Å². The lowest BCUT2D eigenvalue weighted by Crippen LogP contribution is -2.10. The Kier molecular flexibility index (Phi) is 5.93. The summed E-state index contributed by atoms with van der Waals surface area (Å²) in [7, 11) is 1.97. The number of furan rings is 1. The van der Waals surface area contributed by atoms with Gasteiger partial charge in [-0.15, -0.1) is 12.4 Å². The molecule has 0 aliphatic rings. The van der Waals surface area contributed by atoms with Crippen molar-refractivity contribution in [3.05, 3.63) is 84.0 Å². The number of aryl methyl sites for hydroxylation is 2. The Bertz CT molecular complexity index is 1420. The van der Waals surface area contributed by atoms with E-state index in [9.17, 15) is 0 Å². The first-order valence-corrected chi connectivity index (χ1v) is 10.1. The summed E-state index contributed by atoms with van der Waals surface area (Å²) in [5, 5.41) is 12.1. The van der Waals surface area contributed by atoms with Gasteiger partial charge >= 0.3 is 0 Å². The Balaban J connectivity index is 0.00000259. The molecule has 0 atom stereocenters. The zero-order valence-electron chi connectivity index (χ0n) is 18.1. The van der Waals surface area contributed by atoms with E-state index in [1.165, 1.54) is 0 Å². The Morgan fingerprint density at radius 2 is 1.91 bits per heavy atom. The highest BCUT2D eigenvalue weighted by Crippen LogP contribution is 2.26. The average molecular weight is 463 g/mol. The zero-order chi connectivity index (χ0) is 22.2. The van der Waals surface area contributed by atoms with Crippen LogP contribution in [0.3, 0.4) is 0 Å². The molecule has 0 radical (unpaired) electrons. The van der Waals surface area contributed by atoms with Crippen LogP contribution in [0.15, 0.2) is 71.3 Å². The number of hydrogen-bond acceptors (Lipinski definition) is 5. The lowest BCUT2D eigenvalue weighted by atomic mass is 10.2. The van der Waals surface area contributed by atoms with Crippen molar-refractivity contribution in [1.29, 1.82) is 5.41 Å². The number of rotatable bonds is 6. The number of nitrogens with two attached hydrogens (primary N) is 1. The normalized spacial score (nSPS) is 10.8. The number of ether oxygens (including phenoxy) is 1. The van der Waals surface area contributed by atoms with Crippen LogP contribution in [-0.4, -0.2) is 25.2 Å². The molecular formula is C24H23ClN6O2. The molecule has 2 aromatic carbocycles. The van der Waals surface area contributed by atoms with Crippen molar-refractivity contribution in [3.8, 4) is 22.9 Å². The van der Waals surface area contributed by atoms with E-state index in [2.05, 4.69) is 5.10 Å². The molecule has 0 fully saturated rings. The molecule has 0 saturated carbocycles. The van der Waals surface area contributed by atoms with Crippen LogP contribution in [0.1, 0.15) is 17.1 Å². The fraction of sp³-hybridized carbons (Fsp3) is 0.125. The molecule has 5 rings (SSSR count). The Morgan fingerprint density at radius 3 is 2.61 bits per heavy atom. The van der Waals surface area contributed by atoms with Gasteiger partial charge < -0.3 is 19.5 Å². The lowest BCUT2D eigenvalue weighted by molar-refractivity contribution is 0.292. The fourth-order valence-corrected chi connectivity index (χ4v) is 3.67. The van der Waals surface area contributed by atoms with E-state index >= 15 is 0 Å². The minimum absolute atomic E-state index is 0. The third-order valence-corrected chi connectivity index (χ3v) is 5.34. The predicted molar refractivity (Wildman–Crippen MR) is 129 cm³/mol. The molecule has 0 unspecified atom stereocenters. The van der Waals surface area contributed by atoms with Gasteiger partial charge in [-0.2, -0.15) is 5.10 Å². The molecule has 8 nitrogen and oxygen atoms in total. The van der Waals surface area contributed by atoms with Gasteiger partial charge in [0.2, 0.25) is 0 Å². The van der Waals surface area contributed by atoms with E-state index in [1.807, 2.05) is 59.6 Å². The summed E-state index contributed by atoms with van der Waals surface area (Å²) in [6.45, 7) is 2.28. The topological polar surface area (TPSA) is 108 Å². The predicted octanol–water partition coefficient (Wildman–Crippen LogP) is 4.61. The van der Waals surface area contributed by atoms with Gasteiger partial charge in [0, 0.05) is 12.6 Å². The lowest BCUT2D eigenvalue weighted by Gasteiger charge is -2.07. The van der Waals surface area contributed by atoms with Crippen molar-refractivity contribution in [2.45, 2.75) is 13.5 Å². The van der Waals surface area contributed by atoms with E-state index in [4.69, 9.17) is 25.3 Å². The molecular weight excluding hydrogens is 440 g/mol. The van der Waals surface area contributed by atoms with Crippen LogP contribution in [0, 0.1) is 12.3 Å². The van der Waals surface area contributed by atoms with Gasteiger partial charge in [-0.25, -0.2) is 9.67 Å². The SMILES string of the molecule is Cc1cc(-c2ccco2)n(-c2ccc3c(c2)nc(COc2ccc(C(=N)N)cc2)n3C)n1.Cl. The zero-order valence-corrected chi connectivity index (χ0v) is 19.0. The fourth-order valence-electron chi connectivity index (χ4n) is 3.67. The maximum Gasteiger partial charge on any atom is 0.152 e. The van der Waals surface area contributed by atoms with Crippen LogP contribution in [0.4, 0.5) is 0 Å². The number of nitrogens with zero attached hydrogens (tertiary/aromatic N) is 4. The third-order valence-electron chi connectivity index (χ3n) is 5.34. The number of aromatic nitrogens is 4. The van der Waals surface area contributed by atoms with Crippen molar-refractivity contribution < 1.29 is 9.15 Å². The first-order chi connectivity index (χ1) is 15.5. The molecule has 0 bridgehead atoms. The first kappa shape index (κ1) is 22.2. The van der Waals surface area contributed by atoms with E-state index in [1.54, 1.807) is 30.5 Å². The number of benzene rings is 2. The van der Waals surface area contributed by atoms with Crippen LogP contribution in [0.5, 0.6) is 5.75 Å². The largest absolute Gasteiger partial charge is 0.486 e. The van der Waals surface area contributed by atoms with Crippen molar-refractivity contribution in [3.63, 3.8) is 0 Å². The van der Waals surface area contributed by atoms with E-state index < -0.39 is 0 Å². The summed E-state index contributed by atoms with van der Waals surface area (Å²) >= 11 is 0. The van der Waals surface area contributed by atoms with E-state index in [0.29, 0.717) is 17.9 Å². The Labute approximate surface area is 196 Å². The van der Waals surface area contributed by atoms with Crippen LogP contribution in [-0.2, 0) is 13.7 Å². The quantitative estimate of drug-likeness (QED) is 0.283. The molecule has 3 aromatic heterocycles. The van der Waals surface area contributed by atoms with Gasteiger partial charge in [-0.05, 0) is 67.6 Å². The van der Waals surface area contributed by atoms with Gasteiger partial charge in [-0.3, -0.25) is 5.41 Å². The summed E-state index contributed by atoms with van der Waals surface area (Å²) in [6.07, 6.45) is 1.66. The van der Waals surface area contributed by atoms with Gasteiger partial charge in [-0.1, -0.05) is 0 Å². The van der Waals surface area contributed by atoms with Gasteiger partial charge in [0.05, 0.1) is 28.7 Å². The van der Waals surface area contributed by atoms with Crippen molar-refractivity contribution in [1.82, 2.24) is 19.3 Å². The maximum absolute atomic E-state index is 7.48. The highest BCUT2D eigenvalue weighted by molar-refractivity contribution is 5.94. The molecule has 0 aliphatic carbocycles. The third kappa shape index (κ3) is 4.20. The molecule has 0 saturated heterocycles. The minimum Gasteiger partial charge on any atom is -0.486 e. The second-order valence-corrected chi connectivity index (χ2v) is 7.55. The van der Waals surface area contributed by atoms with Crippen LogP contribution in [0.25, 0.3) is 28.2 Å². The Hall–Kier alpha value is -4.04. The molecule has 5 aromatic rings. The smallest absolute Gasteiger partial charge is 0.152 e. The number of halogens is 1. The molecule has 0 aliphatic heterocycles. The molecule has 0 amide bonds. The molecule has 33 heavy (non-hydrogen) atoms. The van der Waals surface area contributed by atoms with E-state index in [0.717, 1.165) is 39.7 Å². The van der Waals surface area contributed by atoms with Gasteiger partial charge in [0.25, 0.3) is 0 Å². The number of amidine groups is 1. The second kappa shape index (κ2) is 8.84. The molecule has 3 N–H and O–H groups in total. The van der Waals surface area contributed by atoms with E-state index in [-0.39, 0.29) is 18.2 Å². The molecule has 0 spiro atoms. The number of hydrogen-bond donors (Lipinski definition) is 2. The number of fused-ring (bicyclic) bond motifs is 1. The molecule has 9 heteroatoms. The second-order valence-electron chi connectivity index (χ2n) is 7.55. The number of imidazole rings is 1. The summed E-state index contributed by atoms with van der Waals surface area (Å²) < 4.78 is 15.4. The highest BCUT2D eigenvalue weighted by atomic mass is 35.5. The minimum atomic E-state index is 0. The molecule has 3 heterocycles. The standard InChI is InChI=1S/C24H22N6O2.ClH/c1-15-12-21(22-4-3-11-31-22)30(28-15)17-7-10-20-19(13-17)27-23(29(20)2)14-32-18-8-5-16(6-9-18)24(25)26;/h3-13H,14H2,1-2H3,(H3,25,26);1H. The summed E-state index contributed by atoms with van der Waals surface area (Å²) in [4.78, 5) is 4.78. The van der Waals surface area contributed by atoms with Crippen molar-refractivity contribution in [2.24, 2.45) is 12.8 Å². The average Bonchev–Trinajstić information content (AvgIpc) is 3.52. The maximum atomic E-state index is 7.48. The Morgan fingerprint density at radius 1 is 1.12 bits per heavy atom. The van der Waals surface area contributed by atoms with Gasteiger partial charge in [0.15, 0.2) is 5.76 Å². The number of nitrogens with one attached hydrogen (secondary N) is 1.